The minimum Gasteiger partial charge on any atom is -0.450 e. The van der Waals surface area contributed by atoms with Gasteiger partial charge < -0.3 is 43.8 Å². The standard InChI is InChI=1S/C32H48BN5O12P2/c1-24(2)20-29(36-30(40)26(21-25-10-4-3-5-11-25)22-28(39)27-23-34-12-13-35-27)33-49-18-8-15-38(16-9-19-50-33)14-6-7-17-48-31(41)37-32(51(42,43)44)52(45,46)47/h3-5,10-12,23-24,26,29,32H,6-9,14-22H2,1-2H3,(H5-,36,37,40,41,42,43,44,45,46,47)/p+1/t26-,29+/m0/s1. The number of amides is 2. The number of rotatable bonds is 18. The molecule has 6 N–H and O–H groups in total. The van der Waals surface area contributed by atoms with E-state index in [0.29, 0.717) is 71.4 Å². The molecule has 0 bridgehead atoms. The quantitative estimate of drug-likeness (QED) is 0.0545. The third-order valence-corrected chi connectivity index (χ3v) is 11.4. The van der Waals surface area contributed by atoms with Gasteiger partial charge in [-0.25, -0.2) is 9.79 Å². The van der Waals surface area contributed by atoms with E-state index in [1.54, 1.807) is 5.32 Å². The highest BCUT2D eigenvalue weighted by Crippen LogP contribution is 2.58. The molecule has 20 heteroatoms. The van der Waals surface area contributed by atoms with Crippen LogP contribution in [0.2, 0.25) is 0 Å². The van der Waals surface area contributed by atoms with Crippen molar-refractivity contribution in [2.24, 2.45) is 21.8 Å². The van der Waals surface area contributed by atoms with Crippen LogP contribution in [0, 0.1) is 18.0 Å². The van der Waals surface area contributed by atoms with Crippen molar-refractivity contribution in [3.63, 3.8) is 0 Å². The molecular formula is C32H49BN5O12P2+. The van der Waals surface area contributed by atoms with Crippen LogP contribution in [0.3, 0.4) is 0 Å². The average Bonchev–Trinajstić information content (AvgIpc) is 3.08. The summed E-state index contributed by atoms with van der Waals surface area (Å²) in [6, 6.07) is 9.50. The van der Waals surface area contributed by atoms with E-state index in [0.717, 1.165) is 5.56 Å². The lowest BCUT2D eigenvalue weighted by atomic mass is 9.73. The summed E-state index contributed by atoms with van der Waals surface area (Å²) in [6.07, 6.45) is 7.20. The fourth-order valence-corrected chi connectivity index (χ4v) is 7.75. The zero-order valence-electron chi connectivity index (χ0n) is 29.4. The summed E-state index contributed by atoms with van der Waals surface area (Å²) in [5.74, 6) is -1.51. The molecule has 2 amide bonds. The molecule has 3 rings (SSSR count). The molecule has 2 atom stereocenters. The molecule has 1 fully saturated rings. The second kappa shape index (κ2) is 21.5. The van der Waals surface area contributed by atoms with Crippen molar-refractivity contribution >= 4 is 52.0 Å². The third-order valence-electron chi connectivity index (χ3n) is 8.10. The molecular weight excluding hydrogens is 719 g/mol. The van der Waals surface area contributed by atoms with Gasteiger partial charge in [0.1, 0.15) is 6.21 Å². The number of aliphatic imine (C=N–C) groups is 2. The number of ketones is 1. The highest BCUT2D eigenvalue weighted by atomic mass is 31.2. The van der Waals surface area contributed by atoms with E-state index >= 15 is 0 Å². The molecule has 286 valence electrons. The van der Waals surface area contributed by atoms with Gasteiger partial charge in [-0.2, -0.15) is 0 Å². The van der Waals surface area contributed by atoms with Crippen LogP contribution in [-0.4, -0.2) is 112 Å². The second-order valence-corrected chi connectivity index (χ2v) is 16.8. The van der Waals surface area contributed by atoms with E-state index in [1.165, 1.54) is 12.4 Å². The van der Waals surface area contributed by atoms with Crippen molar-refractivity contribution < 1.29 is 57.1 Å². The van der Waals surface area contributed by atoms with Gasteiger partial charge in [0, 0.05) is 37.7 Å². The van der Waals surface area contributed by atoms with E-state index in [-0.39, 0.29) is 36.3 Å². The maximum Gasteiger partial charge on any atom is 0.480 e. The number of hydrogen-bond acceptors (Lipinski definition) is 11. The Morgan fingerprint density at radius 1 is 1.00 bits per heavy atom. The van der Waals surface area contributed by atoms with E-state index in [9.17, 15) is 23.5 Å². The summed E-state index contributed by atoms with van der Waals surface area (Å²) < 4.78 is 39.9. The Balaban J connectivity index is 1.51. The van der Waals surface area contributed by atoms with Crippen molar-refractivity contribution in [2.45, 2.75) is 70.3 Å². The minimum absolute atomic E-state index is 0.0587. The number of nitrogens with zero attached hydrogens (tertiary/aromatic N) is 3. The molecule has 0 aromatic heterocycles. The van der Waals surface area contributed by atoms with Crippen LogP contribution >= 0.6 is 15.2 Å². The zero-order chi connectivity index (χ0) is 38.1. The Morgan fingerprint density at radius 2 is 1.65 bits per heavy atom. The summed E-state index contributed by atoms with van der Waals surface area (Å²) in [7, 11) is -11.3. The first-order valence-corrected chi connectivity index (χ1v) is 20.5. The lowest BCUT2D eigenvalue weighted by Gasteiger charge is -2.30. The van der Waals surface area contributed by atoms with E-state index in [1.807, 2.05) is 44.2 Å². The Kier molecular flexibility index (Phi) is 17.9. The zero-order valence-corrected chi connectivity index (χ0v) is 31.2. The highest BCUT2D eigenvalue weighted by Gasteiger charge is 2.45. The van der Waals surface area contributed by atoms with E-state index in [4.69, 9.17) is 33.6 Å². The molecule has 0 radical (unpaired) electrons. The molecule has 0 unspecified atom stereocenters. The molecule has 1 aromatic carbocycles. The van der Waals surface area contributed by atoms with Gasteiger partial charge in [0.15, 0.2) is 6.20 Å². The lowest BCUT2D eigenvalue weighted by molar-refractivity contribution is -0.128. The fraction of sp³-hybridized carbons (Fsp3) is 0.594. The number of hydrogen-bond donors (Lipinski definition) is 6. The topological polar surface area (TPSA) is 246 Å². The molecule has 2 heterocycles. The van der Waals surface area contributed by atoms with Gasteiger partial charge in [0.2, 0.25) is 17.6 Å². The first kappa shape index (κ1) is 43.3. The van der Waals surface area contributed by atoms with Gasteiger partial charge in [0.25, 0.3) is 11.5 Å². The molecule has 0 aliphatic carbocycles. The highest BCUT2D eigenvalue weighted by molar-refractivity contribution is 7.70. The summed E-state index contributed by atoms with van der Waals surface area (Å²) in [5, 5.41) is 4.71. The van der Waals surface area contributed by atoms with Crippen LogP contribution in [0.5, 0.6) is 0 Å². The summed E-state index contributed by atoms with van der Waals surface area (Å²) in [6.45, 7) is 6.78. The monoisotopic (exact) mass is 768 g/mol. The van der Waals surface area contributed by atoms with Crippen molar-refractivity contribution in [2.75, 3.05) is 39.5 Å². The Hall–Kier alpha value is -3.14. The maximum absolute atomic E-state index is 13.9. The SMILES string of the molecule is CC(C)C[C@@H](NC(=O)[C@H](CC(=O)C1=N[C+]=CN=C1)Cc1ccccc1)B1OCCCN(CCCCOC(=O)NC(P(=O)(O)O)P(=O)(O)O)CCCO1. The lowest BCUT2D eigenvalue weighted by Crippen LogP contribution is -2.52. The van der Waals surface area contributed by atoms with E-state index in [2.05, 4.69) is 26.4 Å². The molecule has 17 nitrogen and oxygen atoms in total. The predicted molar refractivity (Wildman–Crippen MR) is 193 cm³/mol. The van der Waals surface area contributed by atoms with Crippen molar-refractivity contribution in [1.82, 2.24) is 15.5 Å². The number of carbonyl (C=O) groups excluding carboxylic acids is 3. The molecule has 1 aromatic rings. The van der Waals surface area contributed by atoms with Crippen LogP contribution in [0.25, 0.3) is 0 Å². The van der Waals surface area contributed by atoms with Crippen LogP contribution < -0.4 is 10.6 Å². The Labute approximate surface area is 304 Å². The van der Waals surface area contributed by atoms with Crippen LogP contribution in [0.1, 0.15) is 57.9 Å². The Bertz CT molecular complexity index is 1470. The van der Waals surface area contributed by atoms with Crippen molar-refractivity contribution in [3.8, 4) is 0 Å². The molecule has 0 spiro atoms. The second-order valence-electron chi connectivity index (χ2n) is 13.0. The fourth-order valence-electron chi connectivity index (χ4n) is 5.64. The first-order chi connectivity index (χ1) is 24.6. The Morgan fingerprint density at radius 3 is 2.23 bits per heavy atom. The molecule has 0 saturated carbocycles. The van der Waals surface area contributed by atoms with Crippen LogP contribution in [0.4, 0.5) is 4.79 Å². The molecule has 1 saturated heterocycles. The van der Waals surface area contributed by atoms with Gasteiger partial charge in [-0.3, -0.25) is 24.0 Å². The van der Waals surface area contributed by atoms with E-state index < -0.39 is 45.8 Å². The van der Waals surface area contributed by atoms with Gasteiger partial charge in [-0.05, 0) is 56.6 Å². The number of unbranched alkanes of at least 4 members (excludes halogenated alkanes) is 1. The van der Waals surface area contributed by atoms with Crippen molar-refractivity contribution in [1.29, 1.82) is 0 Å². The average molecular weight is 769 g/mol. The number of alkyl carbamates (subject to hydrolysis) is 1. The maximum atomic E-state index is 13.9. The van der Waals surface area contributed by atoms with Gasteiger partial charge in [-0.15, -0.1) is 0 Å². The summed E-state index contributed by atoms with van der Waals surface area (Å²) in [5.41, 5.74) is -1.61. The predicted octanol–water partition coefficient (Wildman–Crippen LogP) is 2.44. The number of carbonyl (C=O) groups is 3. The summed E-state index contributed by atoms with van der Waals surface area (Å²) in [4.78, 5) is 85.4. The van der Waals surface area contributed by atoms with Gasteiger partial charge in [-0.1, -0.05) is 44.2 Å². The minimum atomic E-state index is -5.32. The van der Waals surface area contributed by atoms with Gasteiger partial charge >= 0.3 is 28.4 Å². The molecule has 52 heavy (non-hydrogen) atoms. The summed E-state index contributed by atoms with van der Waals surface area (Å²) >= 11 is 0. The molecule has 2 aliphatic rings. The third kappa shape index (κ3) is 15.9. The largest absolute Gasteiger partial charge is 0.480 e. The van der Waals surface area contributed by atoms with Crippen molar-refractivity contribution in [3.05, 3.63) is 48.3 Å². The van der Waals surface area contributed by atoms with Crippen LogP contribution in [0.15, 0.2) is 46.5 Å². The molecule has 2 aliphatic heterocycles. The first-order valence-electron chi connectivity index (χ1n) is 17.2. The number of ether oxygens (including phenoxy) is 1. The number of benzene rings is 1. The van der Waals surface area contributed by atoms with Gasteiger partial charge in [0.05, 0.1) is 18.5 Å². The number of nitrogens with one attached hydrogen (secondary N) is 2. The smallest absolute Gasteiger partial charge is 0.450 e. The van der Waals surface area contributed by atoms with Crippen LogP contribution in [-0.2, 0) is 39.2 Å². The normalized spacial score (nSPS) is 17.2. The number of Topliss-reactive ketones (excluding diaryl/α,β-unsaturated/α-hetero) is 1.